The Morgan fingerprint density at radius 2 is 1.84 bits per heavy atom. The lowest BCUT2D eigenvalue weighted by molar-refractivity contribution is -0.153. The molecule has 0 unspecified atom stereocenters. The van der Waals surface area contributed by atoms with Gasteiger partial charge in [0.15, 0.2) is 6.61 Å². The monoisotopic (exact) mass is 409 g/mol. The van der Waals surface area contributed by atoms with Gasteiger partial charge in [-0.25, -0.2) is 0 Å². The molecule has 0 radical (unpaired) electrons. The number of hydrogen-bond acceptors (Lipinski definition) is 3. The summed E-state index contributed by atoms with van der Waals surface area (Å²) >= 11 is 3.39. The average molecular weight is 410 g/mol. The summed E-state index contributed by atoms with van der Waals surface area (Å²) in [5.74, 6) is 0.0400. The number of nitrogens with one attached hydrogen (secondary N) is 1. The third-order valence-electron chi connectivity index (χ3n) is 5.09. The molecular weight excluding hydrogens is 382 g/mol. The summed E-state index contributed by atoms with van der Waals surface area (Å²) in [5, 5.41) is 2.79. The summed E-state index contributed by atoms with van der Waals surface area (Å²) in [6.07, 6.45) is 3.81. The van der Waals surface area contributed by atoms with Crippen molar-refractivity contribution >= 4 is 33.5 Å². The van der Waals surface area contributed by atoms with Crippen molar-refractivity contribution in [3.63, 3.8) is 0 Å². The Hall–Kier alpha value is -1.36. The predicted molar refractivity (Wildman–Crippen MR) is 103 cm³/mol. The molecule has 2 rings (SSSR count). The number of aryl methyl sites for hydroxylation is 1. The molecule has 0 aliphatic heterocycles. The fraction of sp³-hybridized carbons (Fsp3) is 0.600. The van der Waals surface area contributed by atoms with Crippen molar-refractivity contribution in [1.82, 2.24) is 0 Å². The normalized spacial score (nSPS) is 20.8. The molecule has 1 aromatic carbocycles. The Labute approximate surface area is 158 Å². The van der Waals surface area contributed by atoms with Crippen molar-refractivity contribution in [2.45, 2.75) is 53.4 Å². The van der Waals surface area contributed by atoms with Gasteiger partial charge in [-0.3, -0.25) is 9.59 Å². The standard InChI is InChI=1S/C20H28BrNO3/c1-13-11-16(21)9-10-17(13)22-18(23)12-25-19(24)14-5-7-15(8-6-14)20(2,3)4/h9-11,14-15H,5-8,12H2,1-4H3,(H,22,23). The van der Waals surface area contributed by atoms with Crippen molar-refractivity contribution in [2.75, 3.05) is 11.9 Å². The Balaban J connectivity index is 1.77. The molecule has 0 bridgehead atoms. The summed E-state index contributed by atoms with van der Waals surface area (Å²) in [5.41, 5.74) is 1.97. The molecule has 1 N–H and O–H groups in total. The number of amides is 1. The first kappa shape index (κ1) is 20.0. The summed E-state index contributed by atoms with van der Waals surface area (Å²) in [6, 6.07) is 5.62. The zero-order valence-electron chi connectivity index (χ0n) is 15.5. The first-order valence-corrected chi connectivity index (χ1v) is 9.68. The van der Waals surface area contributed by atoms with E-state index in [4.69, 9.17) is 4.74 Å². The highest BCUT2D eigenvalue weighted by Crippen LogP contribution is 2.40. The maximum absolute atomic E-state index is 12.2. The number of esters is 1. The lowest BCUT2D eigenvalue weighted by atomic mass is 9.70. The van der Waals surface area contributed by atoms with Gasteiger partial charge in [0.25, 0.3) is 5.91 Å². The Bertz CT molecular complexity index is 628. The lowest BCUT2D eigenvalue weighted by Crippen LogP contribution is -2.31. The Morgan fingerprint density at radius 3 is 2.40 bits per heavy atom. The topological polar surface area (TPSA) is 55.4 Å². The molecular formula is C20H28BrNO3. The van der Waals surface area contributed by atoms with Crippen molar-refractivity contribution in [3.8, 4) is 0 Å². The van der Waals surface area contributed by atoms with Gasteiger partial charge < -0.3 is 10.1 Å². The maximum atomic E-state index is 12.2. The van der Waals surface area contributed by atoms with Gasteiger partial charge in [-0.15, -0.1) is 0 Å². The van der Waals surface area contributed by atoms with Crippen LogP contribution in [0.5, 0.6) is 0 Å². The number of carbonyl (C=O) groups excluding carboxylic acids is 2. The molecule has 1 aliphatic rings. The van der Waals surface area contributed by atoms with Crippen LogP contribution < -0.4 is 5.32 Å². The zero-order chi connectivity index (χ0) is 18.6. The van der Waals surface area contributed by atoms with Gasteiger partial charge in [-0.1, -0.05) is 36.7 Å². The van der Waals surface area contributed by atoms with Gasteiger partial charge in [0, 0.05) is 10.2 Å². The van der Waals surface area contributed by atoms with Gasteiger partial charge in [0.1, 0.15) is 0 Å². The molecule has 1 saturated carbocycles. The minimum atomic E-state index is -0.304. The summed E-state index contributed by atoms with van der Waals surface area (Å²) in [7, 11) is 0. The van der Waals surface area contributed by atoms with E-state index in [0.29, 0.717) is 5.92 Å². The smallest absolute Gasteiger partial charge is 0.309 e. The van der Waals surface area contributed by atoms with Crippen molar-refractivity contribution in [2.24, 2.45) is 17.3 Å². The van der Waals surface area contributed by atoms with Crippen LogP contribution in [0.25, 0.3) is 0 Å². The summed E-state index contributed by atoms with van der Waals surface area (Å²) < 4.78 is 6.20. The minimum Gasteiger partial charge on any atom is -0.455 e. The molecule has 25 heavy (non-hydrogen) atoms. The number of benzene rings is 1. The molecule has 1 fully saturated rings. The second-order valence-corrected chi connectivity index (χ2v) is 8.95. The molecule has 0 heterocycles. The highest BCUT2D eigenvalue weighted by Gasteiger charge is 2.33. The molecule has 1 amide bonds. The molecule has 4 nitrogen and oxygen atoms in total. The van der Waals surface area contributed by atoms with Gasteiger partial charge >= 0.3 is 5.97 Å². The molecule has 0 saturated heterocycles. The van der Waals surface area contributed by atoms with Gasteiger partial charge in [0.05, 0.1) is 5.92 Å². The molecule has 1 aromatic rings. The highest BCUT2D eigenvalue weighted by molar-refractivity contribution is 9.10. The molecule has 1 aliphatic carbocycles. The van der Waals surface area contributed by atoms with Crippen molar-refractivity contribution < 1.29 is 14.3 Å². The van der Waals surface area contributed by atoms with Crippen LogP contribution in [0, 0.1) is 24.2 Å². The van der Waals surface area contributed by atoms with Gasteiger partial charge in [0.2, 0.25) is 0 Å². The Morgan fingerprint density at radius 1 is 1.20 bits per heavy atom. The van der Waals surface area contributed by atoms with Crippen LogP contribution in [0.2, 0.25) is 0 Å². The predicted octanol–water partition coefficient (Wildman–Crippen LogP) is 5.09. The summed E-state index contributed by atoms with van der Waals surface area (Å²) in [4.78, 5) is 24.2. The molecule has 5 heteroatoms. The molecule has 0 atom stereocenters. The van der Waals surface area contributed by atoms with E-state index in [1.807, 2.05) is 25.1 Å². The number of hydrogen-bond donors (Lipinski definition) is 1. The number of anilines is 1. The zero-order valence-corrected chi connectivity index (χ0v) is 17.1. The fourth-order valence-corrected chi connectivity index (χ4v) is 3.88. The largest absolute Gasteiger partial charge is 0.455 e. The van der Waals surface area contributed by atoms with Gasteiger partial charge in [-0.05, 0) is 67.7 Å². The minimum absolute atomic E-state index is 0.0687. The average Bonchev–Trinajstić information content (AvgIpc) is 2.54. The van der Waals surface area contributed by atoms with E-state index in [1.165, 1.54) is 0 Å². The SMILES string of the molecule is Cc1cc(Br)ccc1NC(=O)COC(=O)C1CCC(C(C)(C)C)CC1. The van der Waals surface area contributed by atoms with Crippen LogP contribution in [0.15, 0.2) is 22.7 Å². The maximum Gasteiger partial charge on any atom is 0.309 e. The number of carbonyl (C=O) groups is 2. The number of ether oxygens (including phenoxy) is 1. The van der Waals surface area contributed by atoms with E-state index in [-0.39, 0.29) is 29.8 Å². The van der Waals surface area contributed by atoms with Crippen LogP contribution in [0.4, 0.5) is 5.69 Å². The van der Waals surface area contributed by atoms with E-state index < -0.39 is 0 Å². The van der Waals surface area contributed by atoms with Crippen LogP contribution >= 0.6 is 15.9 Å². The fourth-order valence-electron chi connectivity index (χ4n) is 3.40. The van der Waals surface area contributed by atoms with E-state index in [1.54, 1.807) is 0 Å². The third kappa shape index (κ3) is 5.84. The van der Waals surface area contributed by atoms with E-state index in [9.17, 15) is 9.59 Å². The molecule has 0 aromatic heterocycles. The molecule has 0 spiro atoms. The highest BCUT2D eigenvalue weighted by atomic mass is 79.9. The van der Waals surface area contributed by atoms with Crippen molar-refractivity contribution in [3.05, 3.63) is 28.2 Å². The van der Waals surface area contributed by atoms with Crippen molar-refractivity contribution in [1.29, 1.82) is 0 Å². The Kier molecular flexibility index (Phi) is 6.66. The first-order chi connectivity index (χ1) is 11.7. The number of halogens is 1. The van der Waals surface area contributed by atoms with E-state index in [2.05, 4.69) is 42.0 Å². The van der Waals surface area contributed by atoms with Crippen LogP contribution in [-0.2, 0) is 14.3 Å². The third-order valence-corrected chi connectivity index (χ3v) is 5.59. The van der Waals surface area contributed by atoms with E-state index >= 15 is 0 Å². The second-order valence-electron chi connectivity index (χ2n) is 8.03. The van der Waals surface area contributed by atoms with Gasteiger partial charge in [-0.2, -0.15) is 0 Å². The van der Waals surface area contributed by atoms with Crippen LogP contribution in [-0.4, -0.2) is 18.5 Å². The van der Waals surface area contributed by atoms with Crippen LogP contribution in [0.1, 0.15) is 52.0 Å². The van der Waals surface area contributed by atoms with Crippen LogP contribution in [0.3, 0.4) is 0 Å². The summed E-state index contributed by atoms with van der Waals surface area (Å²) in [6.45, 7) is 8.45. The van der Waals surface area contributed by atoms with E-state index in [0.717, 1.165) is 41.4 Å². The first-order valence-electron chi connectivity index (χ1n) is 8.89. The second kappa shape index (κ2) is 8.35. The lowest BCUT2D eigenvalue weighted by Gasteiger charge is -2.36. The number of rotatable bonds is 4. The quantitative estimate of drug-likeness (QED) is 0.704. The molecule has 138 valence electrons.